The molecule has 2 aromatic rings. The van der Waals surface area contributed by atoms with Crippen LogP contribution < -0.4 is 9.91 Å². The zero-order valence-electron chi connectivity index (χ0n) is 12.8. The Labute approximate surface area is 126 Å². The lowest BCUT2D eigenvalue weighted by Crippen LogP contribution is -2.37. The van der Waals surface area contributed by atoms with Crippen LogP contribution in [0.25, 0.3) is 0 Å². The molecule has 108 valence electrons. The van der Waals surface area contributed by atoms with Crippen LogP contribution in [0.15, 0.2) is 65.8 Å². The normalized spacial score (nSPS) is 15.3. The Kier molecular flexibility index (Phi) is 3.42. The summed E-state index contributed by atoms with van der Waals surface area (Å²) >= 11 is 0. The smallest absolute Gasteiger partial charge is 0.136 e. The van der Waals surface area contributed by atoms with Gasteiger partial charge in [-0.25, -0.2) is 5.01 Å². The minimum absolute atomic E-state index is 0.000623. The fourth-order valence-corrected chi connectivity index (χ4v) is 2.51. The number of nitrogens with zero attached hydrogens (tertiary/aromatic N) is 3. The van der Waals surface area contributed by atoms with Crippen LogP contribution in [0.4, 0.5) is 11.4 Å². The van der Waals surface area contributed by atoms with E-state index in [0.29, 0.717) is 0 Å². The van der Waals surface area contributed by atoms with Crippen molar-refractivity contribution in [3.05, 3.63) is 60.7 Å². The predicted molar refractivity (Wildman–Crippen MR) is 89.6 cm³/mol. The second-order valence-corrected chi connectivity index (χ2v) is 6.31. The van der Waals surface area contributed by atoms with Crippen molar-refractivity contribution in [2.24, 2.45) is 10.5 Å². The summed E-state index contributed by atoms with van der Waals surface area (Å²) in [6.45, 7) is 7.36. The van der Waals surface area contributed by atoms with Gasteiger partial charge >= 0.3 is 0 Å². The quantitative estimate of drug-likeness (QED) is 0.814. The van der Waals surface area contributed by atoms with Gasteiger partial charge in [0, 0.05) is 11.1 Å². The monoisotopic (exact) mass is 279 g/mol. The van der Waals surface area contributed by atoms with Crippen LogP contribution in [0.1, 0.15) is 20.8 Å². The molecule has 0 radical (unpaired) electrons. The van der Waals surface area contributed by atoms with Crippen LogP contribution in [0.2, 0.25) is 0 Å². The van der Waals surface area contributed by atoms with Crippen molar-refractivity contribution < 1.29 is 0 Å². The van der Waals surface area contributed by atoms with Gasteiger partial charge in [-0.15, -0.1) is 0 Å². The first kappa shape index (κ1) is 13.7. The van der Waals surface area contributed by atoms with Crippen molar-refractivity contribution in [2.45, 2.75) is 20.8 Å². The van der Waals surface area contributed by atoms with Gasteiger partial charge in [-0.05, 0) is 24.3 Å². The van der Waals surface area contributed by atoms with E-state index in [4.69, 9.17) is 5.10 Å². The third-order valence-electron chi connectivity index (χ3n) is 3.54. The summed E-state index contributed by atoms with van der Waals surface area (Å²) in [6.07, 6.45) is 0. The van der Waals surface area contributed by atoms with E-state index >= 15 is 0 Å². The summed E-state index contributed by atoms with van der Waals surface area (Å²) in [7, 11) is 0. The molecule has 3 nitrogen and oxygen atoms in total. The van der Waals surface area contributed by atoms with Crippen LogP contribution in [-0.4, -0.2) is 12.5 Å². The summed E-state index contributed by atoms with van der Waals surface area (Å²) in [5.41, 5.74) is 2.31. The standard InChI is InChI=1S/C18H21N3/c1-18(2,3)17-19-21(16-12-8-5-9-13-16)14-20(17)15-10-6-4-7-11-15/h4-13H,14H2,1-3H3. The second-order valence-electron chi connectivity index (χ2n) is 6.31. The first-order valence-corrected chi connectivity index (χ1v) is 7.30. The summed E-state index contributed by atoms with van der Waals surface area (Å²) in [6, 6.07) is 20.8. The zero-order chi connectivity index (χ0) is 14.9. The van der Waals surface area contributed by atoms with Crippen LogP contribution in [0, 0.1) is 5.41 Å². The largest absolute Gasteiger partial charge is 0.308 e. The molecule has 0 aromatic heterocycles. The van der Waals surface area contributed by atoms with E-state index in [0.717, 1.165) is 18.2 Å². The molecular formula is C18H21N3. The Morgan fingerprint density at radius 3 is 1.86 bits per heavy atom. The molecule has 0 bridgehead atoms. The lowest BCUT2D eigenvalue weighted by Gasteiger charge is -2.28. The lowest BCUT2D eigenvalue weighted by molar-refractivity contribution is 0.583. The minimum atomic E-state index is -0.000623. The Balaban J connectivity index is 1.98. The number of hydrazone groups is 1. The molecule has 0 atom stereocenters. The molecular weight excluding hydrogens is 258 g/mol. The molecule has 0 aliphatic carbocycles. The zero-order valence-corrected chi connectivity index (χ0v) is 12.8. The third kappa shape index (κ3) is 2.77. The van der Waals surface area contributed by atoms with Crippen LogP contribution in [-0.2, 0) is 0 Å². The summed E-state index contributed by atoms with van der Waals surface area (Å²) in [5.74, 6) is 1.09. The predicted octanol–water partition coefficient (Wildman–Crippen LogP) is 4.33. The van der Waals surface area contributed by atoms with E-state index in [1.54, 1.807) is 0 Å². The van der Waals surface area contributed by atoms with Crippen LogP contribution in [0.3, 0.4) is 0 Å². The molecule has 0 saturated heterocycles. The van der Waals surface area contributed by atoms with Gasteiger partial charge in [0.25, 0.3) is 0 Å². The van der Waals surface area contributed by atoms with Gasteiger partial charge < -0.3 is 4.90 Å². The molecule has 0 saturated carbocycles. The van der Waals surface area contributed by atoms with Crippen molar-refractivity contribution in [2.75, 3.05) is 16.6 Å². The number of amidine groups is 1. The number of hydrogen-bond donors (Lipinski definition) is 0. The first-order chi connectivity index (χ1) is 10.1. The molecule has 0 amide bonds. The Bertz CT molecular complexity index is 627. The van der Waals surface area contributed by atoms with Gasteiger partial charge in [0.15, 0.2) is 0 Å². The summed E-state index contributed by atoms with van der Waals surface area (Å²) in [5, 5.41) is 6.93. The molecule has 3 rings (SSSR count). The molecule has 0 fully saturated rings. The average Bonchev–Trinajstić information content (AvgIpc) is 2.94. The highest BCUT2D eigenvalue weighted by Gasteiger charge is 2.33. The van der Waals surface area contributed by atoms with E-state index in [-0.39, 0.29) is 5.41 Å². The molecule has 0 N–H and O–H groups in total. The minimum Gasteiger partial charge on any atom is -0.308 e. The maximum Gasteiger partial charge on any atom is 0.136 e. The van der Waals surface area contributed by atoms with Crippen LogP contribution >= 0.6 is 0 Å². The van der Waals surface area contributed by atoms with E-state index in [9.17, 15) is 0 Å². The molecule has 1 aliphatic rings. The Hall–Kier alpha value is -2.29. The molecule has 2 aromatic carbocycles. The maximum absolute atomic E-state index is 4.86. The van der Waals surface area contributed by atoms with Crippen LogP contribution in [0.5, 0.6) is 0 Å². The van der Waals surface area contributed by atoms with Gasteiger partial charge in [0.2, 0.25) is 0 Å². The van der Waals surface area contributed by atoms with E-state index in [2.05, 4.69) is 67.1 Å². The number of hydrogen-bond acceptors (Lipinski definition) is 3. The highest BCUT2D eigenvalue weighted by atomic mass is 15.6. The second kappa shape index (κ2) is 5.24. The van der Waals surface area contributed by atoms with Crippen molar-refractivity contribution >= 4 is 17.2 Å². The highest BCUT2D eigenvalue weighted by Crippen LogP contribution is 2.31. The molecule has 0 unspecified atom stereocenters. The topological polar surface area (TPSA) is 18.8 Å². The number of para-hydroxylation sites is 2. The van der Waals surface area contributed by atoms with Crippen molar-refractivity contribution in [1.29, 1.82) is 0 Å². The molecule has 21 heavy (non-hydrogen) atoms. The van der Waals surface area contributed by atoms with Gasteiger partial charge in [-0.1, -0.05) is 57.2 Å². The van der Waals surface area contributed by atoms with E-state index in [1.807, 2.05) is 24.3 Å². The third-order valence-corrected chi connectivity index (χ3v) is 3.54. The Morgan fingerprint density at radius 2 is 1.33 bits per heavy atom. The lowest BCUT2D eigenvalue weighted by atomic mass is 9.94. The molecule has 0 spiro atoms. The van der Waals surface area contributed by atoms with E-state index in [1.165, 1.54) is 5.69 Å². The van der Waals surface area contributed by atoms with Gasteiger partial charge in [0.1, 0.15) is 12.5 Å². The van der Waals surface area contributed by atoms with Crippen molar-refractivity contribution in [3.8, 4) is 0 Å². The fraction of sp³-hybridized carbons (Fsp3) is 0.278. The fourth-order valence-electron chi connectivity index (χ4n) is 2.51. The SMILES string of the molecule is CC(C)(C)C1=NN(c2ccccc2)CN1c1ccccc1. The number of rotatable bonds is 2. The summed E-state index contributed by atoms with van der Waals surface area (Å²) in [4.78, 5) is 2.28. The van der Waals surface area contributed by atoms with Gasteiger partial charge in [-0.3, -0.25) is 0 Å². The van der Waals surface area contributed by atoms with Crippen molar-refractivity contribution in [3.63, 3.8) is 0 Å². The average molecular weight is 279 g/mol. The van der Waals surface area contributed by atoms with E-state index < -0.39 is 0 Å². The number of anilines is 2. The van der Waals surface area contributed by atoms with Crippen molar-refractivity contribution in [1.82, 2.24) is 0 Å². The molecule has 1 aliphatic heterocycles. The summed E-state index contributed by atoms with van der Waals surface area (Å²) < 4.78 is 0. The molecule has 3 heteroatoms. The first-order valence-electron chi connectivity index (χ1n) is 7.30. The molecule has 1 heterocycles. The van der Waals surface area contributed by atoms with Gasteiger partial charge in [0.05, 0.1) is 5.69 Å². The highest BCUT2D eigenvalue weighted by molar-refractivity contribution is 6.03. The Morgan fingerprint density at radius 1 is 0.810 bits per heavy atom. The van der Waals surface area contributed by atoms with Gasteiger partial charge in [-0.2, -0.15) is 5.10 Å². The number of benzene rings is 2. The maximum atomic E-state index is 4.86.